The largest absolute Gasteiger partial charge is 0.396 e. The maximum absolute atomic E-state index is 8.81. The van der Waals surface area contributed by atoms with Crippen molar-refractivity contribution in [1.29, 1.82) is 5.26 Å². The van der Waals surface area contributed by atoms with Crippen LogP contribution in [0.1, 0.15) is 18.9 Å². The minimum absolute atomic E-state index is 0.191. The van der Waals surface area contributed by atoms with Gasteiger partial charge in [-0.1, -0.05) is 13.0 Å². The molecule has 0 aliphatic heterocycles. The Morgan fingerprint density at radius 3 is 2.94 bits per heavy atom. The summed E-state index contributed by atoms with van der Waals surface area (Å²) in [6.45, 7) is 2.98. The number of hydrogen-bond donors (Lipinski definition) is 3. The molecule has 16 heavy (non-hydrogen) atoms. The fourth-order valence-corrected chi connectivity index (χ4v) is 1.42. The molecule has 0 heterocycles. The molecule has 0 saturated heterocycles. The summed E-state index contributed by atoms with van der Waals surface area (Å²) in [6, 6.07) is 7.38. The second-order valence-corrected chi connectivity index (χ2v) is 3.88. The average Bonchev–Trinajstić information content (AvgIpc) is 2.28. The van der Waals surface area contributed by atoms with Crippen molar-refractivity contribution in [1.82, 2.24) is 0 Å². The Labute approximate surface area is 95.7 Å². The van der Waals surface area contributed by atoms with Crippen LogP contribution in [-0.4, -0.2) is 18.3 Å². The zero-order chi connectivity index (χ0) is 12.0. The van der Waals surface area contributed by atoms with Crippen LogP contribution < -0.4 is 11.1 Å². The number of nitrogens with one attached hydrogen (secondary N) is 1. The Kier molecular flexibility index (Phi) is 4.62. The third-order valence-electron chi connectivity index (χ3n) is 2.49. The van der Waals surface area contributed by atoms with Gasteiger partial charge < -0.3 is 16.2 Å². The normalized spacial score (nSPS) is 11.8. The number of nitrogens with zero attached hydrogens (tertiary/aromatic N) is 1. The van der Waals surface area contributed by atoms with E-state index in [0.717, 1.165) is 18.7 Å². The van der Waals surface area contributed by atoms with E-state index in [0.29, 0.717) is 17.2 Å². The van der Waals surface area contributed by atoms with E-state index in [1.807, 2.05) is 19.1 Å². The predicted octanol–water partition coefficient (Wildman–Crippen LogP) is 1.57. The molecule has 4 heteroatoms. The van der Waals surface area contributed by atoms with Gasteiger partial charge in [0.05, 0.1) is 16.9 Å². The molecule has 1 rings (SSSR count). The fourth-order valence-electron chi connectivity index (χ4n) is 1.42. The Balaban J connectivity index is 2.64. The molecule has 4 nitrogen and oxygen atoms in total. The molecule has 1 aromatic carbocycles. The number of hydrogen-bond acceptors (Lipinski definition) is 4. The summed E-state index contributed by atoms with van der Waals surface area (Å²) in [4.78, 5) is 0. The van der Waals surface area contributed by atoms with Crippen LogP contribution in [0.15, 0.2) is 18.2 Å². The van der Waals surface area contributed by atoms with Gasteiger partial charge in [0, 0.05) is 13.2 Å². The molecule has 0 saturated carbocycles. The highest BCUT2D eigenvalue weighted by Crippen LogP contribution is 2.22. The van der Waals surface area contributed by atoms with Gasteiger partial charge in [0.15, 0.2) is 0 Å². The van der Waals surface area contributed by atoms with E-state index in [1.54, 1.807) is 12.1 Å². The highest BCUT2D eigenvalue weighted by atomic mass is 16.3. The molecular formula is C12H17N3O. The van der Waals surface area contributed by atoms with Crippen molar-refractivity contribution in [2.24, 2.45) is 5.92 Å². The van der Waals surface area contributed by atoms with Crippen molar-refractivity contribution in [3.63, 3.8) is 0 Å². The lowest BCUT2D eigenvalue weighted by Gasteiger charge is -2.14. The van der Waals surface area contributed by atoms with Crippen molar-refractivity contribution in [2.75, 3.05) is 24.2 Å². The minimum Gasteiger partial charge on any atom is -0.396 e. The lowest BCUT2D eigenvalue weighted by molar-refractivity contribution is 0.266. The van der Waals surface area contributed by atoms with Crippen molar-refractivity contribution < 1.29 is 5.11 Å². The number of aliphatic hydroxyl groups is 1. The van der Waals surface area contributed by atoms with E-state index in [4.69, 9.17) is 16.1 Å². The average molecular weight is 219 g/mol. The number of nitrogens with two attached hydrogens (primary N) is 1. The number of benzene rings is 1. The Morgan fingerprint density at radius 1 is 1.56 bits per heavy atom. The molecule has 4 N–H and O–H groups in total. The molecule has 0 aliphatic carbocycles. The zero-order valence-electron chi connectivity index (χ0n) is 9.40. The number of aliphatic hydroxyl groups excluding tert-OH is 1. The quantitative estimate of drug-likeness (QED) is 0.656. The number of nitrogen functional groups attached to an aromatic ring is 1. The van der Waals surface area contributed by atoms with Gasteiger partial charge in [-0.05, 0) is 24.5 Å². The second-order valence-electron chi connectivity index (χ2n) is 3.88. The van der Waals surface area contributed by atoms with Crippen LogP contribution in [0.2, 0.25) is 0 Å². The van der Waals surface area contributed by atoms with E-state index in [2.05, 4.69) is 5.32 Å². The van der Waals surface area contributed by atoms with Crippen LogP contribution in [-0.2, 0) is 0 Å². The third-order valence-corrected chi connectivity index (χ3v) is 2.49. The Hall–Kier alpha value is -1.73. The van der Waals surface area contributed by atoms with Crippen LogP contribution in [0.5, 0.6) is 0 Å². The molecule has 1 unspecified atom stereocenters. The van der Waals surface area contributed by atoms with Gasteiger partial charge in [0.1, 0.15) is 6.07 Å². The standard InChI is InChI=1S/C12H17N3O/c1-9(5-6-16)8-15-11-4-2-3-10(7-13)12(11)14/h2-4,9,15-16H,5-6,8,14H2,1H3. The van der Waals surface area contributed by atoms with E-state index < -0.39 is 0 Å². The van der Waals surface area contributed by atoms with E-state index in [1.165, 1.54) is 0 Å². The summed E-state index contributed by atoms with van der Waals surface area (Å²) >= 11 is 0. The van der Waals surface area contributed by atoms with Gasteiger partial charge in [0.2, 0.25) is 0 Å². The Bertz CT molecular complexity index is 384. The molecule has 0 fully saturated rings. The van der Waals surface area contributed by atoms with Crippen molar-refractivity contribution in [3.05, 3.63) is 23.8 Å². The molecule has 0 aliphatic rings. The SMILES string of the molecule is CC(CCO)CNc1cccc(C#N)c1N. The number of para-hydroxylation sites is 1. The van der Waals surface area contributed by atoms with E-state index in [9.17, 15) is 0 Å². The monoisotopic (exact) mass is 219 g/mol. The molecule has 0 spiro atoms. The van der Waals surface area contributed by atoms with Gasteiger partial charge in [0.25, 0.3) is 0 Å². The predicted molar refractivity (Wildman–Crippen MR) is 64.9 cm³/mol. The van der Waals surface area contributed by atoms with Gasteiger partial charge >= 0.3 is 0 Å². The maximum atomic E-state index is 8.81. The summed E-state index contributed by atoms with van der Waals surface area (Å²) in [5.41, 5.74) is 7.57. The molecule has 0 aromatic heterocycles. The first-order chi connectivity index (χ1) is 7.69. The smallest absolute Gasteiger partial charge is 0.101 e. The number of rotatable bonds is 5. The van der Waals surface area contributed by atoms with Gasteiger partial charge in [-0.3, -0.25) is 0 Å². The van der Waals surface area contributed by atoms with Gasteiger partial charge in [-0.15, -0.1) is 0 Å². The van der Waals surface area contributed by atoms with Crippen LogP contribution >= 0.6 is 0 Å². The molecule has 0 bridgehead atoms. The number of anilines is 2. The first-order valence-electron chi connectivity index (χ1n) is 5.32. The van der Waals surface area contributed by atoms with Crippen molar-refractivity contribution in [3.8, 4) is 6.07 Å². The topological polar surface area (TPSA) is 82.1 Å². The highest BCUT2D eigenvalue weighted by molar-refractivity contribution is 5.72. The summed E-state index contributed by atoms with van der Waals surface area (Å²) < 4.78 is 0. The molecule has 86 valence electrons. The molecule has 0 radical (unpaired) electrons. The van der Waals surface area contributed by atoms with Crippen LogP contribution in [0.3, 0.4) is 0 Å². The fraction of sp³-hybridized carbons (Fsp3) is 0.417. The number of nitriles is 1. The lowest BCUT2D eigenvalue weighted by Crippen LogP contribution is -2.13. The second kappa shape index (κ2) is 5.99. The summed E-state index contributed by atoms with van der Waals surface area (Å²) in [7, 11) is 0. The van der Waals surface area contributed by atoms with E-state index in [-0.39, 0.29) is 6.61 Å². The van der Waals surface area contributed by atoms with Crippen LogP contribution in [0.4, 0.5) is 11.4 Å². The van der Waals surface area contributed by atoms with Crippen LogP contribution in [0.25, 0.3) is 0 Å². The van der Waals surface area contributed by atoms with Gasteiger partial charge in [-0.25, -0.2) is 0 Å². The molecular weight excluding hydrogens is 202 g/mol. The highest BCUT2D eigenvalue weighted by Gasteiger charge is 2.05. The first kappa shape index (κ1) is 12.3. The van der Waals surface area contributed by atoms with Crippen molar-refractivity contribution >= 4 is 11.4 Å². The summed E-state index contributed by atoms with van der Waals surface area (Å²) in [5.74, 6) is 0.371. The molecule has 1 atom stereocenters. The Morgan fingerprint density at radius 2 is 2.31 bits per heavy atom. The van der Waals surface area contributed by atoms with Crippen LogP contribution in [0, 0.1) is 17.2 Å². The first-order valence-corrected chi connectivity index (χ1v) is 5.32. The summed E-state index contributed by atoms with van der Waals surface area (Å²) in [6.07, 6.45) is 0.755. The molecule has 1 aromatic rings. The molecule has 0 amide bonds. The lowest BCUT2D eigenvalue weighted by atomic mass is 10.1. The van der Waals surface area contributed by atoms with Gasteiger partial charge in [-0.2, -0.15) is 5.26 Å². The summed E-state index contributed by atoms with van der Waals surface area (Å²) in [5, 5.41) is 20.8. The zero-order valence-corrected chi connectivity index (χ0v) is 9.40. The van der Waals surface area contributed by atoms with E-state index >= 15 is 0 Å². The minimum atomic E-state index is 0.191. The third kappa shape index (κ3) is 3.14. The maximum Gasteiger partial charge on any atom is 0.101 e. The van der Waals surface area contributed by atoms with Crippen molar-refractivity contribution in [2.45, 2.75) is 13.3 Å².